The molecule has 0 saturated heterocycles. The molecule has 0 atom stereocenters. The van der Waals surface area contributed by atoms with Gasteiger partial charge in [0.15, 0.2) is 0 Å². The van der Waals surface area contributed by atoms with Crippen molar-refractivity contribution >= 4 is 23.0 Å². The Morgan fingerprint density at radius 2 is 1.87 bits per heavy atom. The predicted molar refractivity (Wildman–Crippen MR) is 71.8 cm³/mol. The Balaban J connectivity index is 0.00000264. The van der Waals surface area contributed by atoms with Gasteiger partial charge in [0.05, 0.1) is 16.2 Å². The van der Waals surface area contributed by atoms with Gasteiger partial charge in [-0.1, -0.05) is 11.8 Å². The third kappa shape index (κ3) is 4.49. The van der Waals surface area contributed by atoms with Crippen LogP contribution in [-0.2, 0) is 0 Å². The number of rotatable bonds is 4. The number of non-ortho nitro benzene ring substituents is 1. The SMILES string of the molecule is O=C(O)c1cc(N=Nc2cccc([N+](=O)[O-])c2)c(O)cc1[O-].[Na+]. The van der Waals surface area contributed by atoms with Gasteiger partial charge in [-0.05, 0) is 18.2 Å². The van der Waals surface area contributed by atoms with E-state index in [-0.39, 0.29) is 46.6 Å². The Kier molecular flexibility index (Phi) is 6.19. The maximum absolute atomic E-state index is 11.3. The van der Waals surface area contributed by atoms with Crippen LogP contribution in [0.1, 0.15) is 10.4 Å². The molecule has 0 bridgehead atoms. The zero-order valence-electron chi connectivity index (χ0n) is 11.8. The predicted octanol–water partition coefficient (Wildman–Crippen LogP) is -0.508. The summed E-state index contributed by atoms with van der Waals surface area (Å²) in [6.45, 7) is 0. The Hall–Kier alpha value is -2.49. The van der Waals surface area contributed by atoms with Gasteiger partial charge in [-0.15, -0.1) is 5.11 Å². The quantitative estimate of drug-likeness (QED) is 0.335. The van der Waals surface area contributed by atoms with E-state index in [1.807, 2.05) is 0 Å². The second-order valence-corrected chi connectivity index (χ2v) is 4.12. The monoisotopic (exact) mass is 325 g/mol. The number of nitrogens with zero attached hydrogens (tertiary/aromatic N) is 3. The summed E-state index contributed by atoms with van der Waals surface area (Å²) in [6, 6.07) is 6.85. The number of benzene rings is 2. The summed E-state index contributed by atoms with van der Waals surface area (Å²) in [5.74, 6) is -2.86. The molecule has 0 saturated carbocycles. The molecule has 2 rings (SSSR count). The van der Waals surface area contributed by atoms with Crippen molar-refractivity contribution in [3.05, 3.63) is 52.1 Å². The molecule has 0 aliphatic rings. The summed E-state index contributed by atoms with van der Waals surface area (Å²) < 4.78 is 0. The van der Waals surface area contributed by atoms with E-state index >= 15 is 0 Å². The van der Waals surface area contributed by atoms with Crippen molar-refractivity contribution in [3.63, 3.8) is 0 Å². The Bertz CT molecular complexity index is 793. The summed E-state index contributed by atoms with van der Waals surface area (Å²) in [5, 5.41) is 47.7. The van der Waals surface area contributed by atoms with Gasteiger partial charge in [-0.25, -0.2) is 4.79 Å². The van der Waals surface area contributed by atoms with Crippen LogP contribution < -0.4 is 34.7 Å². The normalized spacial score (nSPS) is 10.3. The standard InChI is InChI=1S/C13H9N3O6.Na/c17-11-6-12(18)10(5-9(11)13(19)20)15-14-7-2-1-3-8(4-7)16(21)22;/h1-6,17-18H,(H,19,20);/q;+1/p-1. The number of hydrogen-bond donors (Lipinski definition) is 2. The minimum absolute atomic E-state index is 0. The van der Waals surface area contributed by atoms with Crippen molar-refractivity contribution in [1.82, 2.24) is 0 Å². The topological polar surface area (TPSA) is 148 Å². The first-order valence-corrected chi connectivity index (χ1v) is 5.82. The number of hydrogen-bond acceptors (Lipinski definition) is 7. The minimum Gasteiger partial charge on any atom is -0.872 e. The Labute approximate surface area is 151 Å². The molecule has 2 N–H and O–H groups in total. The summed E-state index contributed by atoms with van der Waals surface area (Å²) in [6.07, 6.45) is 0. The molecular weight excluding hydrogens is 317 g/mol. The van der Waals surface area contributed by atoms with Crippen LogP contribution in [0.25, 0.3) is 0 Å². The third-order valence-corrected chi connectivity index (χ3v) is 2.62. The van der Waals surface area contributed by atoms with Gasteiger partial charge in [0.1, 0.15) is 11.4 Å². The van der Waals surface area contributed by atoms with E-state index < -0.39 is 28.0 Å². The number of carboxylic acid groups (broad SMARTS) is 1. The number of carbonyl (C=O) groups is 1. The molecular formula is C13H8N3NaO6. The largest absolute Gasteiger partial charge is 1.00 e. The first kappa shape index (κ1) is 18.6. The van der Waals surface area contributed by atoms with E-state index in [9.17, 15) is 25.1 Å². The Morgan fingerprint density at radius 1 is 1.17 bits per heavy atom. The van der Waals surface area contributed by atoms with E-state index in [0.717, 1.165) is 12.1 Å². The van der Waals surface area contributed by atoms with Gasteiger partial charge < -0.3 is 15.3 Å². The Morgan fingerprint density at radius 3 is 2.48 bits per heavy atom. The van der Waals surface area contributed by atoms with Crippen molar-refractivity contribution in [2.24, 2.45) is 10.2 Å². The first-order chi connectivity index (χ1) is 10.4. The van der Waals surface area contributed by atoms with E-state index in [4.69, 9.17) is 5.11 Å². The molecule has 0 heterocycles. The van der Waals surface area contributed by atoms with Crippen LogP contribution in [0, 0.1) is 10.1 Å². The molecule has 0 aliphatic heterocycles. The van der Waals surface area contributed by atoms with Crippen LogP contribution in [-0.4, -0.2) is 21.1 Å². The number of phenolic OH excluding ortho intramolecular Hbond substituents is 1. The van der Waals surface area contributed by atoms with Crippen molar-refractivity contribution in [2.45, 2.75) is 0 Å². The fourth-order valence-corrected chi connectivity index (χ4v) is 1.59. The van der Waals surface area contributed by atoms with Crippen molar-refractivity contribution in [2.75, 3.05) is 0 Å². The van der Waals surface area contributed by atoms with Gasteiger partial charge in [-0.3, -0.25) is 10.1 Å². The number of azo groups is 1. The molecule has 2 aromatic rings. The fraction of sp³-hybridized carbons (Fsp3) is 0. The van der Waals surface area contributed by atoms with E-state index in [0.29, 0.717) is 6.07 Å². The molecule has 2 aromatic carbocycles. The summed E-state index contributed by atoms with van der Waals surface area (Å²) >= 11 is 0. The number of phenols is 1. The smallest absolute Gasteiger partial charge is 0.872 e. The third-order valence-electron chi connectivity index (χ3n) is 2.62. The number of nitro benzene ring substituents is 1. The van der Waals surface area contributed by atoms with Crippen molar-refractivity contribution < 1.29 is 54.6 Å². The minimum atomic E-state index is -1.46. The molecule has 0 spiro atoms. The van der Waals surface area contributed by atoms with E-state index in [2.05, 4.69) is 10.2 Å². The van der Waals surface area contributed by atoms with E-state index in [1.54, 1.807) is 0 Å². The molecule has 0 aliphatic carbocycles. The zero-order valence-corrected chi connectivity index (χ0v) is 13.8. The van der Waals surface area contributed by atoms with Crippen LogP contribution in [0.4, 0.5) is 17.1 Å². The number of nitro groups is 1. The zero-order chi connectivity index (χ0) is 16.3. The molecule has 0 radical (unpaired) electrons. The van der Waals surface area contributed by atoms with Gasteiger partial charge in [0.25, 0.3) is 5.69 Å². The summed E-state index contributed by atoms with van der Waals surface area (Å²) in [7, 11) is 0. The van der Waals surface area contributed by atoms with Crippen LogP contribution in [0.3, 0.4) is 0 Å². The number of carboxylic acids is 1. The summed E-state index contributed by atoms with van der Waals surface area (Å²) in [4.78, 5) is 20.9. The van der Waals surface area contributed by atoms with Gasteiger partial charge in [0, 0.05) is 12.1 Å². The van der Waals surface area contributed by atoms with Crippen LogP contribution in [0.2, 0.25) is 0 Å². The van der Waals surface area contributed by atoms with Gasteiger partial charge >= 0.3 is 35.5 Å². The van der Waals surface area contributed by atoms with Gasteiger partial charge in [-0.2, -0.15) is 5.11 Å². The summed E-state index contributed by atoms with van der Waals surface area (Å²) in [5.41, 5.74) is -0.854. The van der Waals surface area contributed by atoms with Crippen molar-refractivity contribution in [1.29, 1.82) is 0 Å². The second kappa shape index (κ2) is 7.68. The molecule has 0 aromatic heterocycles. The maximum atomic E-state index is 11.3. The van der Waals surface area contributed by atoms with Crippen LogP contribution in [0.15, 0.2) is 46.6 Å². The molecule has 23 heavy (non-hydrogen) atoms. The number of aromatic hydroxyl groups is 1. The second-order valence-electron chi connectivity index (χ2n) is 4.12. The van der Waals surface area contributed by atoms with E-state index in [1.165, 1.54) is 18.2 Å². The molecule has 9 nitrogen and oxygen atoms in total. The average molecular weight is 325 g/mol. The van der Waals surface area contributed by atoms with Gasteiger partial charge in [0.2, 0.25) is 0 Å². The van der Waals surface area contributed by atoms with Crippen molar-refractivity contribution in [3.8, 4) is 11.5 Å². The van der Waals surface area contributed by atoms with Crippen LogP contribution in [0.5, 0.6) is 11.5 Å². The molecule has 10 heteroatoms. The fourth-order valence-electron chi connectivity index (χ4n) is 1.59. The molecule has 0 fully saturated rings. The first-order valence-electron chi connectivity index (χ1n) is 5.82. The molecule has 0 unspecified atom stereocenters. The maximum Gasteiger partial charge on any atom is 1.00 e. The van der Waals surface area contributed by atoms with Crippen LogP contribution >= 0.6 is 0 Å². The number of aromatic carboxylic acids is 1. The molecule has 112 valence electrons. The molecule has 0 amide bonds. The average Bonchev–Trinajstić information content (AvgIpc) is 2.46.